The van der Waals surface area contributed by atoms with Gasteiger partial charge in [-0.2, -0.15) is 0 Å². The average molecular weight is 285 g/mol. The first-order valence-electron chi connectivity index (χ1n) is 7.36. The van der Waals surface area contributed by atoms with Crippen LogP contribution in [0.25, 0.3) is 0 Å². The highest BCUT2D eigenvalue weighted by Crippen LogP contribution is 2.24. The van der Waals surface area contributed by atoms with E-state index in [0.717, 1.165) is 13.0 Å². The molecule has 0 aliphatic carbocycles. The number of hydrogen-bond donors (Lipinski definition) is 2. The molecule has 116 valence electrons. The first kappa shape index (κ1) is 16.8. The van der Waals surface area contributed by atoms with E-state index in [1.807, 2.05) is 7.05 Å². The molecule has 3 atom stereocenters. The minimum absolute atomic E-state index is 0.154. The maximum absolute atomic E-state index is 12.0. The van der Waals surface area contributed by atoms with Crippen LogP contribution in [0, 0.1) is 5.92 Å². The Morgan fingerprint density at radius 3 is 2.65 bits per heavy atom. The molecular weight excluding hydrogens is 258 g/mol. The number of urea groups is 1. The number of rotatable bonds is 6. The Balaban J connectivity index is 2.35. The molecular formula is C14H27N3O3. The number of amides is 2. The van der Waals surface area contributed by atoms with Crippen LogP contribution in [0.4, 0.5) is 4.79 Å². The Hall–Kier alpha value is -1.30. The van der Waals surface area contributed by atoms with E-state index >= 15 is 0 Å². The molecule has 1 saturated heterocycles. The molecule has 1 aliphatic heterocycles. The van der Waals surface area contributed by atoms with Crippen LogP contribution < -0.4 is 5.32 Å². The van der Waals surface area contributed by atoms with E-state index in [4.69, 9.17) is 5.11 Å². The maximum Gasteiger partial charge on any atom is 0.317 e. The van der Waals surface area contributed by atoms with Crippen molar-refractivity contribution in [2.24, 2.45) is 5.92 Å². The van der Waals surface area contributed by atoms with Gasteiger partial charge in [0.05, 0.1) is 5.92 Å². The highest BCUT2D eigenvalue weighted by Gasteiger charge is 2.37. The third-order valence-corrected chi connectivity index (χ3v) is 4.42. The fourth-order valence-corrected chi connectivity index (χ4v) is 2.53. The Morgan fingerprint density at radius 2 is 2.15 bits per heavy atom. The third kappa shape index (κ3) is 4.10. The quantitative estimate of drug-likeness (QED) is 0.769. The summed E-state index contributed by atoms with van der Waals surface area (Å²) < 4.78 is 0. The first-order chi connectivity index (χ1) is 9.38. The van der Waals surface area contributed by atoms with E-state index in [1.165, 1.54) is 0 Å². The summed E-state index contributed by atoms with van der Waals surface area (Å²) in [5.41, 5.74) is 0. The standard InChI is InChI=1S/C14H27N3O3/c1-5-10(2)16(4)9-7-15-14(20)17-8-6-12(11(17)3)13(18)19/h10-12H,5-9H2,1-4H3,(H,15,20)(H,18,19). The van der Waals surface area contributed by atoms with Crippen LogP contribution in [0.1, 0.15) is 33.6 Å². The van der Waals surface area contributed by atoms with Crippen molar-refractivity contribution < 1.29 is 14.7 Å². The van der Waals surface area contributed by atoms with Crippen LogP contribution in [0.5, 0.6) is 0 Å². The van der Waals surface area contributed by atoms with Crippen LogP contribution in [0.3, 0.4) is 0 Å². The number of hydrogen-bond acceptors (Lipinski definition) is 3. The van der Waals surface area contributed by atoms with Crippen LogP contribution in [0.15, 0.2) is 0 Å². The van der Waals surface area contributed by atoms with Crippen molar-refractivity contribution in [2.45, 2.75) is 45.7 Å². The summed E-state index contributed by atoms with van der Waals surface area (Å²) in [6, 6.07) is 0.104. The van der Waals surface area contributed by atoms with Gasteiger partial charge in [0.2, 0.25) is 0 Å². The van der Waals surface area contributed by atoms with E-state index in [-0.39, 0.29) is 12.1 Å². The number of carbonyl (C=O) groups is 2. The molecule has 0 aromatic heterocycles. The summed E-state index contributed by atoms with van der Waals surface area (Å²) in [6.45, 7) is 7.99. The van der Waals surface area contributed by atoms with Crippen molar-refractivity contribution in [2.75, 3.05) is 26.7 Å². The largest absolute Gasteiger partial charge is 0.481 e. The predicted octanol–water partition coefficient (Wildman–Crippen LogP) is 1.22. The summed E-state index contributed by atoms with van der Waals surface area (Å²) in [4.78, 5) is 26.9. The summed E-state index contributed by atoms with van der Waals surface area (Å²) in [5, 5.41) is 11.9. The number of carboxylic acids is 1. The van der Waals surface area contributed by atoms with E-state index in [1.54, 1.807) is 11.8 Å². The smallest absolute Gasteiger partial charge is 0.317 e. The topological polar surface area (TPSA) is 72.9 Å². The molecule has 1 heterocycles. The molecule has 2 N–H and O–H groups in total. The SMILES string of the molecule is CCC(C)N(C)CCNC(=O)N1CCC(C(=O)O)C1C. The Labute approximate surface area is 121 Å². The molecule has 6 nitrogen and oxygen atoms in total. The van der Waals surface area contributed by atoms with Crippen LogP contribution in [-0.4, -0.2) is 65.7 Å². The zero-order valence-corrected chi connectivity index (χ0v) is 12.9. The zero-order valence-electron chi connectivity index (χ0n) is 12.9. The summed E-state index contributed by atoms with van der Waals surface area (Å²) >= 11 is 0. The van der Waals surface area contributed by atoms with Gasteiger partial charge in [-0.05, 0) is 33.7 Å². The van der Waals surface area contributed by atoms with Gasteiger partial charge in [0.1, 0.15) is 0 Å². The Morgan fingerprint density at radius 1 is 1.50 bits per heavy atom. The van der Waals surface area contributed by atoms with Gasteiger partial charge in [0, 0.05) is 31.7 Å². The predicted molar refractivity (Wildman–Crippen MR) is 77.7 cm³/mol. The molecule has 0 aromatic carbocycles. The maximum atomic E-state index is 12.0. The average Bonchev–Trinajstić information content (AvgIpc) is 2.79. The number of nitrogens with zero attached hydrogens (tertiary/aromatic N) is 2. The monoisotopic (exact) mass is 285 g/mol. The molecule has 0 bridgehead atoms. The lowest BCUT2D eigenvalue weighted by molar-refractivity contribution is -0.142. The molecule has 6 heteroatoms. The van der Waals surface area contributed by atoms with Crippen molar-refractivity contribution in [3.63, 3.8) is 0 Å². The van der Waals surface area contributed by atoms with E-state index < -0.39 is 11.9 Å². The highest BCUT2D eigenvalue weighted by molar-refractivity contribution is 5.78. The van der Waals surface area contributed by atoms with Crippen molar-refractivity contribution in [3.8, 4) is 0 Å². The van der Waals surface area contributed by atoms with Gasteiger partial charge in [-0.15, -0.1) is 0 Å². The summed E-state index contributed by atoms with van der Waals surface area (Å²) in [5.74, 6) is -1.26. The second kappa shape index (κ2) is 7.47. The van der Waals surface area contributed by atoms with Gasteiger partial charge in [-0.1, -0.05) is 6.92 Å². The molecule has 0 spiro atoms. The number of aliphatic carboxylic acids is 1. The fraction of sp³-hybridized carbons (Fsp3) is 0.857. The Bertz CT molecular complexity index is 349. The van der Waals surface area contributed by atoms with Crippen LogP contribution in [0.2, 0.25) is 0 Å². The minimum atomic E-state index is -0.815. The molecule has 20 heavy (non-hydrogen) atoms. The van der Waals surface area contributed by atoms with Crippen molar-refractivity contribution in [3.05, 3.63) is 0 Å². The van der Waals surface area contributed by atoms with E-state index in [0.29, 0.717) is 25.6 Å². The lowest BCUT2D eigenvalue weighted by Gasteiger charge is -2.26. The van der Waals surface area contributed by atoms with Crippen molar-refractivity contribution in [1.82, 2.24) is 15.1 Å². The summed E-state index contributed by atoms with van der Waals surface area (Å²) in [7, 11) is 2.04. The van der Waals surface area contributed by atoms with Gasteiger partial charge in [-0.25, -0.2) is 4.79 Å². The number of carbonyl (C=O) groups excluding carboxylic acids is 1. The fourth-order valence-electron chi connectivity index (χ4n) is 2.53. The van der Waals surface area contributed by atoms with Gasteiger partial charge in [0.15, 0.2) is 0 Å². The molecule has 1 fully saturated rings. The molecule has 2 amide bonds. The van der Waals surface area contributed by atoms with E-state index in [2.05, 4.69) is 24.1 Å². The van der Waals surface area contributed by atoms with Gasteiger partial charge in [-0.3, -0.25) is 4.79 Å². The van der Waals surface area contributed by atoms with Crippen LogP contribution in [-0.2, 0) is 4.79 Å². The number of nitrogens with one attached hydrogen (secondary N) is 1. The highest BCUT2D eigenvalue weighted by atomic mass is 16.4. The first-order valence-corrected chi connectivity index (χ1v) is 7.36. The van der Waals surface area contributed by atoms with Gasteiger partial charge < -0.3 is 20.2 Å². The zero-order chi connectivity index (χ0) is 15.3. The number of carboxylic acid groups (broad SMARTS) is 1. The Kier molecular flexibility index (Phi) is 6.26. The van der Waals surface area contributed by atoms with Crippen molar-refractivity contribution >= 4 is 12.0 Å². The third-order valence-electron chi connectivity index (χ3n) is 4.42. The lowest BCUT2D eigenvalue weighted by Crippen LogP contribution is -2.46. The molecule has 1 aliphatic rings. The van der Waals surface area contributed by atoms with Gasteiger partial charge >= 0.3 is 12.0 Å². The summed E-state index contributed by atoms with van der Waals surface area (Å²) in [6.07, 6.45) is 1.62. The molecule has 0 radical (unpaired) electrons. The van der Waals surface area contributed by atoms with Crippen molar-refractivity contribution in [1.29, 1.82) is 0 Å². The molecule has 0 aromatic rings. The normalized spacial score (nSPS) is 23.9. The van der Waals surface area contributed by atoms with Gasteiger partial charge in [0.25, 0.3) is 0 Å². The minimum Gasteiger partial charge on any atom is -0.481 e. The number of likely N-dealkylation sites (N-methyl/N-ethyl adjacent to an activating group) is 1. The van der Waals surface area contributed by atoms with E-state index in [9.17, 15) is 9.59 Å². The lowest BCUT2D eigenvalue weighted by atomic mass is 10.0. The molecule has 0 saturated carbocycles. The second-order valence-electron chi connectivity index (χ2n) is 5.64. The number of likely N-dealkylation sites (tertiary alicyclic amines) is 1. The second-order valence-corrected chi connectivity index (χ2v) is 5.64. The van der Waals surface area contributed by atoms with Crippen LogP contribution >= 0.6 is 0 Å². The molecule has 1 rings (SSSR count). The molecule has 3 unspecified atom stereocenters.